The molecule has 0 bridgehead atoms. The van der Waals surface area contributed by atoms with Crippen LogP contribution in [0.15, 0.2) is 29.3 Å². The second-order valence-electron chi connectivity index (χ2n) is 9.28. The molecular formula is C28H32N2O11S. The first kappa shape index (κ1) is 32.5. The summed E-state index contributed by atoms with van der Waals surface area (Å²) in [4.78, 5) is 69.8. The van der Waals surface area contributed by atoms with E-state index >= 15 is 0 Å². The van der Waals surface area contributed by atoms with E-state index in [0.717, 1.165) is 32.5 Å². The van der Waals surface area contributed by atoms with E-state index in [9.17, 15) is 24.0 Å². The zero-order valence-electron chi connectivity index (χ0n) is 24.2. The van der Waals surface area contributed by atoms with Gasteiger partial charge in [-0.2, -0.15) is 0 Å². The second-order valence-corrected chi connectivity index (χ2v) is 10.4. The van der Waals surface area contributed by atoms with Crippen molar-refractivity contribution >= 4 is 41.4 Å². The van der Waals surface area contributed by atoms with Crippen LogP contribution >= 0.6 is 11.8 Å². The van der Waals surface area contributed by atoms with E-state index in [1.165, 1.54) is 13.8 Å². The summed E-state index contributed by atoms with van der Waals surface area (Å²) in [7, 11) is 1.54. The zero-order chi connectivity index (χ0) is 31.1. The molecule has 1 saturated heterocycles. The highest BCUT2D eigenvalue weighted by atomic mass is 32.2. The third-order valence-electron chi connectivity index (χ3n) is 5.93. The normalized spacial score (nSPS) is 21.5. The predicted octanol–water partition coefficient (Wildman–Crippen LogP) is 2.84. The number of carbonyl (C=O) groups excluding carboxylic acids is 5. The smallest absolute Gasteiger partial charge is 0.303 e. The van der Waals surface area contributed by atoms with Gasteiger partial charge in [-0.3, -0.25) is 24.0 Å². The molecule has 2 heterocycles. The molecule has 1 aromatic carbocycles. The molecule has 0 N–H and O–H groups in total. The molecule has 0 aliphatic carbocycles. The monoisotopic (exact) mass is 604 g/mol. The fraction of sp³-hybridized carbons (Fsp3) is 0.464. The number of methoxy groups -OCH3 is 1. The van der Waals surface area contributed by atoms with E-state index in [0.29, 0.717) is 22.8 Å². The fourth-order valence-corrected chi connectivity index (χ4v) is 5.61. The first-order chi connectivity index (χ1) is 19.8. The molecule has 14 heteroatoms. The van der Waals surface area contributed by atoms with Crippen LogP contribution in [0.1, 0.15) is 50.7 Å². The number of ether oxygens (including phenoxy) is 6. The minimum absolute atomic E-state index is 0.196. The van der Waals surface area contributed by atoms with Crippen LogP contribution in [0.25, 0.3) is 11.4 Å². The number of Topliss-reactive ketones (excluding diaryl/α,β-unsaturated/α-hetero) is 1. The Balaban J connectivity index is 2.13. The Kier molecular flexibility index (Phi) is 11.0. The Morgan fingerprint density at radius 1 is 0.810 bits per heavy atom. The number of ketones is 1. The highest BCUT2D eigenvalue weighted by Gasteiger charge is 2.52. The van der Waals surface area contributed by atoms with Crippen LogP contribution in [0, 0.1) is 6.92 Å². The summed E-state index contributed by atoms with van der Waals surface area (Å²) in [6.45, 7) is 7.24. The molecule has 3 rings (SSSR count). The number of nitrogens with zero attached hydrogens (tertiary/aromatic N) is 2. The maximum Gasteiger partial charge on any atom is 0.303 e. The number of benzene rings is 1. The van der Waals surface area contributed by atoms with Crippen molar-refractivity contribution in [3.8, 4) is 17.1 Å². The van der Waals surface area contributed by atoms with Gasteiger partial charge < -0.3 is 28.4 Å². The maximum atomic E-state index is 12.7. The molecule has 1 aliphatic heterocycles. The highest BCUT2D eigenvalue weighted by molar-refractivity contribution is 7.99. The lowest BCUT2D eigenvalue weighted by atomic mass is 9.99. The summed E-state index contributed by atoms with van der Waals surface area (Å²) in [5.41, 5.74) is 0.0562. The summed E-state index contributed by atoms with van der Waals surface area (Å²) in [6.07, 6.45) is -5.13. The number of esters is 4. The van der Waals surface area contributed by atoms with Gasteiger partial charge in [-0.15, -0.1) is 0 Å². The lowest BCUT2D eigenvalue weighted by Gasteiger charge is -2.44. The average Bonchev–Trinajstić information content (AvgIpc) is 2.89. The second kappa shape index (κ2) is 14.2. The molecule has 2 aromatic rings. The third kappa shape index (κ3) is 8.26. The summed E-state index contributed by atoms with van der Waals surface area (Å²) in [5.74, 6) is -2.27. The van der Waals surface area contributed by atoms with Crippen molar-refractivity contribution in [1.82, 2.24) is 9.97 Å². The zero-order valence-corrected chi connectivity index (χ0v) is 25.0. The number of carbonyl (C=O) groups is 5. The van der Waals surface area contributed by atoms with E-state index in [4.69, 9.17) is 28.4 Å². The van der Waals surface area contributed by atoms with Crippen molar-refractivity contribution in [2.75, 3.05) is 13.7 Å². The standard InChI is InChI=1S/C28H32N2O11S/c1-13-22(14(2)31)27(30-26(29-13)19-8-10-20(36-7)11-9-19)42-28-25(40-18(6)35)24(39-17(5)34)23(38-16(4)33)21(41-28)12-37-15(3)32/h8-11,21,23-25,28H,12H2,1-7H3/t21-,23+,24+,25-,28+/m1/s1. The minimum atomic E-state index is -1.35. The Morgan fingerprint density at radius 3 is 1.90 bits per heavy atom. The first-order valence-electron chi connectivity index (χ1n) is 12.8. The van der Waals surface area contributed by atoms with Crippen molar-refractivity contribution in [3.05, 3.63) is 35.5 Å². The minimum Gasteiger partial charge on any atom is -0.497 e. The van der Waals surface area contributed by atoms with Gasteiger partial charge in [0.15, 0.2) is 35.4 Å². The molecule has 0 radical (unpaired) electrons. The topological polar surface area (TPSA) is 167 Å². The van der Waals surface area contributed by atoms with Gasteiger partial charge in [-0.25, -0.2) is 9.97 Å². The van der Waals surface area contributed by atoms with Crippen LogP contribution < -0.4 is 4.74 Å². The molecule has 1 aliphatic rings. The van der Waals surface area contributed by atoms with Crippen molar-refractivity contribution in [2.45, 2.75) is 76.4 Å². The van der Waals surface area contributed by atoms with Gasteiger partial charge >= 0.3 is 23.9 Å². The fourth-order valence-electron chi connectivity index (χ4n) is 4.30. The molecule has 1 fully saturated rings. The number of rotatable bonds is 10. The van der Waals surface area contributed by atoms with Crippen molar-refractivity contribution in [3.63, 3.8) is 0 Å². The van der Waals surface area contributed by atoms with Gasteiger partial charge in [0.05, 0.1) is 18.4 Å². The Bertz CT molecular complexity index is 1350. The summed E-state index contributed by atoms with van der Waals surface area (Å²) in [5, 5.41) is 0.196. The Hall–Kier alpha value is -4.04. The average molecular weight is 605 g/mol. The largest absolute Gasteiger partial charge is 0.497 e. The van der Waals surface area contributed by atoms with Gasteiger partial charge in [-0.05, 0) is 38.1 Å². The first-order valence-corrected chi connectivity index (χ1v) is 13.7. The van der Waals surface area contributed by atoms with E-state index in [1.54, 1.807) is 38.3 Å². The molecule has 0 unspecified atom stereocenters. The van der Waals surface area contributed by atoms with Crippen LogP contribution in [-0.2, 0) is 42.9 Å². The molecule has 0 spiro atoms. The number of hydrogen-bond donors (Lipinski definition) is 0. The lowest BCUT2D eigenvalue weighted by molar-refractivity contribution is -0.237. The van der Waals surface area contributed by atoms with E-state index in [-0.39, 0.29) is 23.0 Å². The van der Waals surface area contributed by atoms with Crippen molar-refractivity contribution in [2.24, 2.45) is 0 Å². The molecule has 1 aromatic heterocycles. The van der Waals surface area contributed by atoms with Gasteiger partial charge in [0, 0.05) is 33.3 Å². The van der Waals surface area contributed by atoms with Gasteiger partial charge in [0.1, 0.15) is 23.5 Å². The van der Waals surface area contributed by atoms with Crippen molar-refractivity contribution < 1.29 is 52.4 Å². The quantitative estimate of drug-likeness (QED) is 0.168. The highest BCUT2D eigenvalue weighted by Crippen LogP contribution is 2.39. The number of hydrogen-bond acceptors (Lipinski definition) is 14. The Labute approximate surface area is 246 Å². The molecule has 13 nitrogen and oxygen atoms in total. The van der Waals surface area contributed by atoms with Gasteiger partial charge in [0.2, 0.25) is 0 Å². The lowest BCUT2D eigenvalue weighted by Crippen LogP contribution is -2.61. The molecule has 0 saturated carbocycles. The van der Waals surface area contributed by atoms with Crippen LogP contribution in [0.2, 0.25) is 0 Å². The van der Waals surface area contributed by atoms with Gasteiger partial charge in [0.25, 0.3) is 0 Å². The van der Waals surface area contributed by atoms with E-state index in [2.05, 4.69) is 9.97 Å². The molecule has 42 heavy (non-hydrogen) atoms. The van der Waals surface area contributed by atoms with E-state index < -0.39 is 53.7 Å². The summed E-state index contributed by atoms with van der Waals surface area (Å²) < 4.78 is 33.0. The molecule has 5 atom stereocenters. The van der Waals surface area contributed by atoms with Crippen molar-refractivity contribution in [1.29, 1.82) is 0 Å². The third-order valence-corrected chi connectivity index (χ3v) is 7.06. The number of aryl methyl sites for hydroxylation is 1. The molecule has 0 amide bonds. The Morgan fingerprint density at radius 2 is 1.38 bits per heavy atom. The summed E-state index contributed by atoms with van der Waals surface area (Å²) in [6, 6.07) is 6.98. The molecular weight excluding hydrogens is 572 g/mol. The maximum absolute atomic E-state index is 12.7. The predicted molar refractivity (Wildman–Crippen MR) is 147 cm³/mol. The molecule has 226 valence electrons. The van der Waals surface area contributed by atoms with Crippen LogP contribution in [0.5, 0.6) is 5.75 Å². The van der Waals surface area contributed by atoms with E-state index in [1.807, 2.05) is 0 Å². The van der Waals surface area contributed by atoms with Crippen LogP contribution in [0.4, 0.5) is 0 Å². The van der Waals surface area contributed by atoms with Crippen LogP contribution in [0.3, 0.4) is 0 Å². The van der Waals surface area contributed by atoms with Crippen LogP contribution in [-0.4, -0.2) is 83.2 Å². The SMILES string of the molecule is COc1ccc(-c2nc(C)c(C(C)=O)c(S[C@@H]3O[C@H](COC(C)=O)[C@H](OC(C)=O)[C@H](OC(C)=O)[C@H]3OC(C)=O)n2)cc1. The number of aromatic nitrogens is 2. The summed E-state index contributed by atoms with van der Waals surface area (Å²) >= 11 is 0.922. The van der Waals surface area contributed by atoms with Gasteiger partial charge in [-0.1, -0.05) is 11.8 Å². The number of thioether (sulfide) groups is 1.